The Hall–Kier alpha value is -4.26. The van der Waals surface area contributed by atoms with Gasteiger partial charge >= 0.3 is 12.1 Å². The molecule has 0 atom stereocenters. The van der Waals surface area contributed by atoms with Crippen LogP contribution in [-0.2, 0) is 9.53 Å². The molecular formula is C28H27NO6. The van der Waals surface area contributed by atoms with Gasteiger partial charge in [-0.1, -0.05) is 72.8 Å². The van der Waals surface area contributed by atoms with E-state index in [4.69, 9.17) is 19.3 Å². The Labute approximate surface area is 204 Å². The Morgan fingerprint density at radius 1 is 0.943 bits per heavy atom. The lowest BCUT2D eigenvalue weighted by atomic mass is 9.98. The number of amides is 1. The first kappa shape index (κ1) is 23.9. The number of carbonyl (C=O) groups is 2. The highest BCUT2D eigenvalue weighted by molar-refractivity contribution is 5.79. The van der Waals surface area contributed by atoms with Crippen molar-refractivity contribution in [1.29, 1.82) is 0 Å². The van der Waals surface area contributed by atoms with Gasteiger partial charge in [-0.15, -0.1) is 0 Å². The van der Waals surface area contributed by atoms with E-state index in [1.807, 2.05) is 31.2 Å². The van der Waals surface area contributed by atoms with Crippen molar-refractivity contribution in [3.63, 3.8) is 0 Å². The number of carboxylic acid groups (broad SMARTS) is 1. The molecule has 2 N–H and O–H groups in total. The monoisotopic (exact) mass is 473 g/mol. The van der Waals surface area contributed by atoms with Gasteiger partial charge < -0.3 is 24.6 Å². The van der Waals surface area contributed by atoms with E-state index in [0.29, 0.717) is 23.7 Å². The smallest absolute Gasteiger partial charge is 0.407 e. The van der Waals surface area contributed by atoms with Gasteiger partial charge in [0.25, 0.3) is 0 Å². The van der Waals surface area contributed by atoms with Crippen LogP contribution >= 0.6 is 0 Å². The Kier molecular flexibility index (Phi) is 7.67. The summed E-state index contributed by atoms with van der Waals surface area (Å²) in [6, 6.07) is 21.6. The molecule has 35 heavy (non-hydrogen) atoms. The maximum Gasteiger partial charge on any atom is 0.407 e. The van der Waals surface area contributed by atoms with E-state index in [-0.39, 0.29) is 19.1 Å². The summed E-state index contributed by atoms with van der Waals surface area (Å²) in [7, 11) is 0. The minimum absolute atomic E-state index is 0.000982. The predicted octanol–water partition coefficient (Wildman–Crippen LogP) is 5.10. The summed E-state index contributed by atoms with van der Waals surface area (Å²) in [5.41, 5.74) is 5.31. The Morgan fingerprint density at radius 3 is 2.29 bits per heavy atom. The van der Waals surface area contributed by atoms with Gasteiger partial charge in [-0.25, -0.2) is 9.59 Å². The lowest BCUT2D eigenvalue weighted by Crippen LogP contribution is -2.26. The van der Waals surface area contributed by atoms with Crippen molar-refractivity contribution in [2.75, 3.05) is 26.4 Å². The number of hydrogen-bond donors (Lipinski definition) is 2. The molecule has 1 aliphatic carbocycles. The molecule has 0 unspecified atom stereocenters. The summed E-state index contributed by atoms with van der Waals surface area (Å²) in [6.45, 7) is 2.24. The number of alkyl carbamates (subject to hydrolysis) is 1. The molecular weight excluding hydrogens is 446 g/mol. The van der Waals surface area contributed by atoms with Crippen molar-refractivity contribution < 1.29 is 28.9 Å². The standard InChI is InChI=1S/C28H27NO6/c1-2-33-25-15-7-9-19(27(25)34-18-26(30)31)10-8-16-29-28(32)35-17-24-22-13-5-3-11-20(22)21-12-4-6-14-23(21)24/h3-15,24H,2,16-18H2,1H3,(H,29,32)(H,30,31). The number of ether oxygens (including phenoxy) is 3. The topological polar surface area (TPSA) is 94.1 Å². The lowest BCUT2D eigenvalue weighted by Gasteiger charge is -2.14. The van der Waals surface area contributed by atoms with Crippen LogP contribution in [-0.4, -0.2) is 43.5 Å². The molecule has 0 radical (unpaired) electrons. The molecule has 0 aromatic heterocycles. The van der Waals surface area contributed by atoms with E-state index in [2.05, 4.69) is 29.6 Å². The summed E-state index contributed by atoms with van der Waals surface area (Å²) in [4.78, 5) is 23.3. The highest BCUT2D eigenvalue weighted by Crippen LogP contribution is 2.44. The number of rotatable bonds is 10. The van der Waals surface area contributed by atoms with Gasteiger partial charge in [-0.05, 0) is 35.2 Å². The molecule has 3 aromatic carbocycles. The highest BCUT2D eigenvalue weighted by atomic mass is 16.5. The fourth-order valence-electron chi connectivity index (χ4n) is 4.20. The molecule has 1 amide bonds. The summed E-state index contributed by atoms with van der Waals surface area (Å²) >= 11 is 0. The van der Waals surface area contributed by atoms with E-state index in [1.165, 1.54) is 11.1 Å². The van der Waals surface area contributed by atoms with Gasteiger partial charge in [0.1, 0.15) is 6.61 Å². The third-order valence-corrected chi connectivity index (χ3v) is 5.65. The van der Waals surface area contributed by atoms with Crippen LogP contribution in [0.5, 0.6) is 11.5 Å². The van der Waals surface area contributed by atoms with Crippen molar-refractivity contribution in [1.82, 2.24) is 5.32 Å². The minimum Gasteiger partial charge on any atom is -0.490 e. The average Bonchev–Trinajstić information content (AvgIpc) is 3.18. The van der Waals surface area contributed by atoms with Crippen LogP contribution in [0.15, 0.2) is 72.8 Å². The second-order valence-corrected chi connectivity index (χ2v) is 7.90. The summed E-state index contributed by atoms with van der Waals surface area (Å²) in [6.07, 6.45) is 2.96. The molecule has 7 nitrogen and oxygen atoms in total. The molecule has 1 aliphatic rings. The summed E-state index contributed by atoms with van der Waals surface area (Å²) in [5.74, 6) is -0.281. The van der Waals surface area contributed by atoms with Crippen molar-refractivity contribution in [3.8, 4) is 22.6 Å². The fourth-order valence-corrected chi connectivity index (χ4v) is 4.20. The van der Waals surface area contributed by atoms with E-state index < -0.39 is 18.7 Å². The molecule has 0 aliphatic heterocycles. The molecule has 0 saturated heterocycles. The van der Waals surface area contributed by atoms with Crippen LogP contribution in [0.1, 0.15) is 29.5 Å². The molecule has 3 aromatic rings. The van der Waals surface area contributed by atoms with Crippen molar-refractivity contribution in [2.24, 2.45) is 0 Å². The molecule has 0 fully saturated rings. The van der Waals surface area contributed by atoms with Crippen LogP contribution in [0.25, 0.3) is 17.2 Å². The first-order chi connectivity index (χ1) is 17.1. The van der Waals surface area contributed by atoms with E-state index >= 15 is 0 Å². The minimum atomic E-state index is -1.08. The maximum atomic E-state index is 12.3. The Balaban J connectivity index is 1.35. The Morgan fingerprint density at radius 2 is 1.63 bits per heavy atom. The number of carbonyl (C=O) groups excluding carboxylic acids is 1. The molecule has 7 heteroatoms. The largest absolute Gasteiger partial charge is 0.490 e. The zero-order chi connectivity index (χ0) is 24.6. The predicted molar refractivity (Wildman–Crippen MR) is 133 cm³/mol. The van der Waals surface area contributed by atoms with Gasteiger partial charge in [0, 0.05) is 18.0 Å². The molecule has 180 valence electrons. The number of nitrogens with one attached hydrogen (secondary N) is 1. The number of aliphatic carboxylic acids is 1. The Bertz CT molecular complexity index is 1190. The second kappa shape index (κ2) is 11.2. The maximum absolute atomic E-state index is 12.3. The zero-order valence-corrected chi connectivity index (χ0v) is 19.4. The number of fused-ring (bicyclic) bond motifs is 3. The number of carboxylic acids is 1. The molecule has 4 rings (SSSR count). The van der Waals surface area contributed by atoms with Crippen LogP contribution < -0.4 is 14.8 Å². The number of para-hydroxylation sites is 1. The molecule has 0 spiro atoms. The highest BCUT2D eigenvalue weighted by Gasteiger charge is 2.28. The average molecular weight is 474 g/mol. The zero-order valence-electron chi connectivity index (χ0n) is 19.4. The van der Waals surface area contributed by atoms with Gasteiger partial charge in [-0.2, -0.15) is 0 Å². The van der Waals surface area contributed by atoms with E-state index in [9.17, 15) is 9.59 Å². The van der Waals surface area contributed by atoms with E-state index in [0.717, 1.165) is 11.1 Å². The molecule has 0 heterocycles. The van der Waals surface area contributed by atoms with Crippen molar-refractivity contribution >= 4 is 18.1 Å². The van der Waals surface area contributed by atoms with Gasteiger partial charge in [-0.3, -0.25) is 0 Å². The number of benzene rings is 3. The quantitative estimate of drug-likeness (QED) is 0.426. The van der Waals surface area contributed by atoms with Gasteiger partial charge in [0.15, 0.2) is 18.1 Å². The first-order valence-corrected chi connectivity index (χ1v) is 11.4. The second-order valence-electron chi connectivity index (χ2n) is 7.90. The van der Waals surface area contributed by atoms with Crippen molar-refractivity contribution in [3.05, 3.63) is 89.5 Å². The van der Waals surface area contributed by atoms with Crippen LogP contribution in [0, 0.1) is 0 Å². The van der Waals surface area contributed by atoms with Crippen molar-refractivity contribution in [2.45, 2.75) is 12.8 Å². The van der Waals surface area contributed by atoms with Gasteiger partial charge in [0.2, 0.25) is 0 Å². The SMILES string of the molecule is CCOc1cccc(C=CCNC(=O)OCC2c3ccccc3-c3ccccc32)c1OCC(=O)O. The van der Waals surface area contributed by atoms with E-state index in [1.54, 1.807) is 30.4 Å². The molecule has 0 saturated carbocycles. The first-order valence-electron chi connectivity index (χ1n) is 11.4. The fraction of sp³-hybridized carbons (Fsp3) is 0.214. The summed E-state index contributed by atoms with van der Waals surface area (Å²) in [5, 5.41) is 11.7. The third kappa shape index (κ3) is 5.63. The third-order valence-electron chi connectivity index (χ3n) is 5.65. The van der Waals surface area contributed by atoms with Crippen LogP contribution in [0.3, 0.4) is 0 Å². The lowest BCUT2D eigenvalue weighted by molar-refractivity contribution is -0.139. The van der Waals surface area contributed by atoms with Crippen LogP contribution in [0.4, 0.5) is 4.79 Å². The summed E-state index contributed by atoms with van der Waals surface area (Å²) < 4.78 is 16.5. The number of hydrogen-bond acceptors (Lipinski definition) is 5. The van der Waals surface area contributed by atoms with Crippen LogP contribution in [0.2, 0.25) is 0 Å². The van der Waals surface area contributed by atoms with Gasteiger partial charge in [0.05, 0.1) is 6.61 Å². The molecule has 0 bridgehead atoms. The normalized spacial score (nSPS) is 12.1.